The first kappa shape index (κ1) is 15.4. The predicted molar refractivity (Wildman–Crippen MR) is 91.6 cm³/mol. The van der Waals surface area contributed by atoms with Crippen LogP contribution in [0.1, 0.15) is 16.7 Å². The third-order valence-corrected chi connectivity index (χ3v) is 4.24. The summed E-state index contributed by atoms with van der Waals surface area (Å²) in [4.78, 5) is 12.0. The lowest BCUT2D eigenvalue weighted by molar-refractivity contribution is -0.113. The van der Waals surface area contributed by atoms with Gasteiger partial charge >= 0.3 is 0 Å². The van der Waals surface area contributed by atoms with Crippen LogP contribution in [-0.2, 0) is 10.5 Å². The van der Waals surface area contributed by atoms with Gasteiger partial charge in [0, 0.05) is 17.1 Å². The minimum atomic E-state index is 0.00125. The Labute approximate surface area is 129 Å². The number of thioether (sulfide) groups is 1. The molecular weight excluding hydrogens is 280 g/mol. The molecule has 0 aliphatic heterocycles. The molecule has 21 heavy (non-hydrogen) atoms. The van der Waals surface area contributed by atoms with Crippen molar-refractivity contribution in [3.8, 4) is 0 Å². The Hall–Kier alpha value is -1.94. The molecule has 0 aliphatic carbocycles. The Kier molecular flexibility index (Phi) is 5.28. The SMILES string of the molecule is Cc1cccc(CSCC(=O)Nc2cccc(N)c2C)c1. The van der Waals surface area contributed by atoms with Crippen LogP contribution in [0.2, 0.25) is 0 Å². The Morgan fingerprint density at radius 1 is 1.19 bits per heavy atom. The lowest BCUT2D eigenvalue weighted by Crippen LogP contribution is -2.15. The lowest BCUT2D eigenvalue weighted by atomic mass is 10.1. The zero-order valence-electron chi connectivity index (χ0n) is 12.3. The summed E-state index contributed by atoms with van der Waals surface area (Å²) in [5.74, 6) is 1.27. The van der Waals surface area contributed by atoms with E-state index in [0.717, 1.165) is 17.0 Å². The number of amides is 1. The molecule has 0 spiro atoms. The van der Waals surface area contributed by atoms with Crippen LogP contribution in [0.3, 0.4) is 0 Å². The summed E-state index contributed by atoms with van der Waals surface area (Å²) in [5.41, 5.74) is 10.7. The molecule has 2 aromatic rings. The van der Waals surface area contributed by atoms with Crippen molar-refractivity contribution in [2.75, 3.05) is 16.8 Å². The zero-order valence-corrected chi connectivity index (χ0v) is 13.2. The van der Waals surface area contributed by atoms with Crippen molar-refractivity contribution in [1.29, 1.82) is 0 Å². The molecule has 0 atom stereocenters. The molecule has 3 nitrogen and oxygen atoms in total. The van der Waals surface area contributed by atoms with Crippen molar-refractivity contribution in [2.24, 2.45) is 0 Å². The van der Waals surface area contributed by atoms with Gasteiger partial charge in [0.1, 0.15) is 0 Å². The molecule has 0 aliphatic rings. The summed E-state index contributed by atoms with van der Waals surface area (Å²) in [6.07, 6.45) is 0. The maximum atomic E-state index is 12.0. The fraction of sp³-hybridized carbons (Fsp3) is 0.235. The number of aryl methyl sites for hydroxylation is 1. The van der Waals surface area contributed by atoms with Gasteiger partial charge in [-0.3, -0.25) is 4.79 Å². The van der Waals surface area contributed by atoms with E-state index in [0.29, 0.717) is 11.4 Å². The molecule has 0 saturated carbocycles. The van der Waals surface area contributed by atoms with Gasteiger partial charge in [-0.2, -0.15) is 0 Å². The van der Waals surface area contributed by atoms with E-state index in [1.165, 1.54) is 11.1 Å². The normalized spacial score (nSPS) is 10.4. The molecule has 0 radical (unpaired) electrons. The van der Waals surface area contributed by atoms with Crippen LogP contribution in [0.25, 0.3) is 0 Å². The molecule has 4 heteroatoms. The van der Waals surface area contributed by atoms with Gasteiger partial charge in [0.2, 0.25) is 5.91 Å². The quantitative estimate of drug-likeness (QED) is 0.827. The van der Waals surface area contributed by atoms with Gasteiger partial charge in [0.15, 0.2) is 0 Å². The Morgan fingerprint density at radius 2 is 1.95 bits per heavy atom. The average Bonchev–Trinajstić information content (AvgIpc) is 2.44. The predicted octanol–water partition coefficient (Wildman–Crippen LogP) is 3.76. The molecule has 3 N–H and O–H groups in total. The summed E-state index contributed by atoms with van der Waals surface area (Å²) in [6, 6.07) is 13.9. The minimum absolute atomic E-state index is 0.00125. The molecule has 1 amide bonds. The largest absolute Gasteiger partial charge is 0.398 e. The van der Waals surface area contributed by atoms with E-state index >= 15 is 0 Å². The van der Waals surface area contributed by atoms with E-state index in [1.807, 2.05) is 31.2 Å². The number of rotatable bonds is 5. The monoisotopic (exact) mass is 300 g/mol. The van der Waals surface area contributed by atoms with Gasteiger partial charge in [0.05, 0.1) is 5.75 Å². The summed E-state index contributed by atoms with van der Waals surface area (Å²) < 4.78 is 0. The van der Waals surface area contributed by atoms with E-state index in [-0.39, 0.29) is 5.91 Å². The van der Waals surface area contributed by atoms with Gasteiger partial charge in [-0.05, 0) is 37.1 Å². The van der Waals surface area contributed by atoms with Crippen LogP contribution in [0, 0.1) is 13.8 Å². The highest BCUT2D eigenvalue weighted by Gasteiger charge is 2.06. The molecule has 2 aromatic carbocycles. The van der Waals surface area contributed by atoms with Crippen molar-refractivity contribution in [1.82, 2.24) is 0 Å². The number of hydrogen-bond acceptors (Lipinski definition) is 3. The molecule has 0 unspecified atom stereocenters. The molecule has 0 aromatic heterocycles. The average molecular weight is 300 g/mol. The molecule has 110 valence electrons. The van der Waals surface area contributed by atoms with Crippen LogP contribution in [-0.4, -0.2) is 11.7 Å². The van der Waals surface area contributed by atoms with Gasteiger partial charge in [-0.15, -0.1) is 11.8 Å². The number of nitrogen functional groups attached to an aromatic ring is 1. The smallest absolute Gasteiger partial charge is 0.234 e. The van der Waals surface area contributed by atoms with Gasteiger partial charge in [-0.25, -0.2) is 0 Å². The lowest BCUT2D eigenvalue weighted by Gasteiger charge is -2.10. The number of nitrogens with one attached hydrogen (secondary N) is 1. The zero-order chi connectivity index (χ0) is 15.2. The fourth-order valence-electron chi connectivity index (χ4n) is 2.04. The van der Waals surface area contributed by atoms with E-state index in [2.05, 4.69) is 30.4 Å². The summed E-state index contributed by atoms with van der Waals surface area (Å²) in [6.45, 7) is 3.98. The number of anilines is 2. The Bertz CT molecular complexity index is 640. The molecule has 0 saturated heterocycles. The summed E-state index contributed by atoms with van der Waals surface area (Å²) >= 11 is 1.61. The number of carbonyl (C=O) groups is 1. The topological polar surface area (TPSA) is 55.1 Å². The fourth-order valence-corrected chi connectivity index (χ4v) is 2.81. The second kappa shape index (κ2) is 7.18. The number of benzene rings is 2. The molecular formula is C17H20N2OS. The van der Waals surface area contributed by atoms with Crippen LogP contribution in [0.5, 0.6) is 0 Å². The summed E-state index contributed by atoms with van der Waals surface area (Å²) in [7, 11) is 0. The number of nitrogens with two attached hydrogens (primary N) is 1. The number of carbonyl (C=O) groups excluding carboxylic acids is 1. The van der Waals surface area contributed by atoms with Crippen LogP contribution in [0.15, 0.2) is 42.5 Å². The summed E-state index contributed by atoms with van der Waals surface area (Å²) in [5, 5.41) is 2.91. The molecule has 2 rings (SSSR count). The standard InChI is InChI=1S/C17H20N2OS/c1-12-5-3-6-14(9-12)10-21-11-17(20)19-16-8-4-7-15(18)13(16)2/h3-9H,10-11,18H2,1-2H3,(H,19,20). The second-order valence-corrected chi connectivity index (χ2v) is 6.04. The van der Waals surface area contributed by atoms with Crippen LogP contribution >= 0.6 is 11.8 Å². The van der Waals surface area contributed by atoms with Crippen LogP contribution in [0.4, 0.5) is 11.4 Å². The second-order valence-electron chi connectivity index (χ2n) is 5.05. The van der Waals surface area contributed by atoms with Crippen molar-refractivity contribution in [3.63, 3.8) is 0 Å². The Balaban J connectivity index is 1.84. The maximum absolute atomic E-state index is 12.0. The van der Waals surface area contributed by atoms with E-state index in [4.69, 9.17) is 5.73 Å². The van der Waals surface area contributed by atoms with E-state index < -0.39 is 0 Å². The molecule has 0 bridgehead atoms. The van der Waals surface area contributed by atoms with Gasteiger partial charge < -0.3 is 11.1 Å². The Morgan fingerprint density at radius 3 is 2.71 bits per heavy atom. The van der Waals surface area contributed by atoms with Gasteiger partial charge in [0.25, 0.3) is 0 Å². The first-order valence-corrected chi connectivity index (χ1v) is 8.00. The minimum Gasteiger partial charge on any atom is -0.398 e. The van der Waals surface area contributed by atoms with Gasteiger partial charge in [-0.1, -0.05) is 35.9 Å². The highest BCUT2D eigenvalue weighted by atomic mass is 32.2. The first-order valence-electron chi connectivity index (χ1n) is 6.84. The third kappa shape index (κ3) is 4.53. The van der Waals surface area contributed by atoms with Crippen molar-refractivity contribution < 1.29 is 4.79 Å². The van der Waals surface area contributed by atoms with Crippen molar-refractivity contribution in [2.45, 2.75) is 19.6 Å². The highest BCUT2D eigenvalue weighted by molar-refractivity contribution is 7.99. The van der Waals surface area contributed by atoms with Crippen molar-refractivity contribution in [3.05, 3.63) is 59.2 Å². The van der Waals surface area contributed by atoms with E-state index in [1.54, 1.807) is 11.8 Å². The molecule has 0 heterocycles. The third-order valence-electron chi connectivity index (χ3n) is 3.23. The first-order chi connectivity index (χ1) is 10.1. The van der Waals surface area contributed by atoms with Crippen molar-refractivity contribution >= 4 is 29.0 Å². The molecule has 0 fully saturated rings. The van der Waals surface area contributed by atoms with E-state index in [9.17, 15) is 4.79 Å². The number of hydrogen-bond donors (Lipinski definition) is 2. The van der Waals surface area contributed by atoms with Crippen LogP contribution < -0.4 is 11.1 Å². The highest BCUT2D eigenvalue weighted by Crippen LogP contribution is 2.21. The maximum Gasteiger partial charge on any atom is 0.234 e.